The molecule has 0 atom stereocenters. The molecule has 0 amide bonds. The van der Waals surface area contributed by atoms with E-state index in [1.165, 1.54) is 40.6 Å². The van der Waals surface area contributed by atoms with Gasteiger partial charge in [-0.1, -0.05) is 30.3 Å². The molecule has 1 aromatic heterocycles. The molecule has 0 spiro atoms. The van der Waals surface area contributed by atoms with Gasteiger partial charge in [0.25, 0.3) is 0 Å². The van der Waals surface area contributed by atoms with E-state index in [1.54, 1.807) is 10.4 Å². The monoisotopic (exact) mass is 279 g/mol. The minimum atomic E-state index is 0.940. The third-order valence-corrected chi connectivity index (χ3v) is 5.25. The van der Waals surface area contributed by atoms with Crippen molar-refractivity contribution in [2.75, 3.05) is 5.32 Å². The molecule has 20 heavy (non-hydrogen) atoms. The van der Waals surface area contributed by atoms with Gasteiger partial charge in [-0.2, -0.15) is 0 Å². The Hall–Kier alpha value is -1.80. The molecule has 0 bridgehead atoms. The van der Waals surface area contributed by atoms with E-state index in [0.29, 0.717) is 0 Å². The highest BCUT2D eigenvalue weighted by Gasteiger charge is 2.14. The smallest absolute Gasteiger partial charge is 0.0494 e. The number of hydrogen-bond acceptors (Lipinski definition) is 2. The third kappa shape index (κ3) is 2.20. The number of thiophene rings is 1. The minimum Gasteiger partial charge on any atom is -0.380 e. The summed E-state index contributed by atoms with van der Waals surface area (Å²) < 4.78 is 0. The first-order valence-electron chi connectivity index (χ1n) is 7.22. The molecule has 2 aromatic carbocycles. The van der Waals surface area contributed by atoms with Crippen LogP contribution in [0.15, 0.2) is 48.5 Å². The summed E-state index contributed by atoms with van der Waals surface area (Å²) in [6, 6.07) is 17.5. The van der Waals surface area contributed by atoms with Crippen molar-refractivity contribution < 1.29 is 0 Å². The fourth-order valence-corrected chi connectivity index (χ4v) is 4.17. The zero-order valence-corrected chi connectivity index (χ0v) is 12.2. The van der Waals surface area contributed by atoms with Gasteiger partial charge in [0.15, 0.2) is 0 Å². The van der Waals surface area contributed by atoms with Gasteiger partial charge >= 0.3 is 0 Å². The average molecular weight is 279 g/mol. The maximum Gasteiger partial charge on any atom is 0.0494 e. The van der Waals surface area contributed by atoms with Crippen molar-refractivity contribution in [1.82, 2.24) is 0 Å². The molecule has 4 rings (SSSR count). The number of fused-ring (bicyclic) bond motifs is 2. The van der Waals surface area contributed by atoms with E-state index in [-0.39, 0.29) is 0 Å². The van der Waals surface area contributed by atoms with Crippen molar-refractivity contribution in [2.24, 2.45) is 0 Å². The summed E-state index contributed by atoms with van der Waals surface area (Å²) in [6.45, 7) is 0.940. The van der Waals surface area contributed by atoms with Gasteiger partial charge in [-0.25, -0.2) is 0 Å². The predicted molar refractivity (Wildman–Crippen MR) is 87.6 cm³/mol. The molecule has 2 heteroatoms. The molecule has 1 heterocycles. The number of nitrogens with one attached hydrogen (secondary N) is 1. The van der Waals surface area contributed by atoms with Gasteiger partial charge in [0.1, 0.15) is 0 Å². The second-order valence-electron chi connectivity index (χ2n) is 5.43. The van der Waals surface area contributed by atoms with Crippen molar-refractivity contribution in [3.63, 3.8) is 0 Å². The van der Waals surface area contributed by atoms with Crippen molar-refractivity contribution in [3.8, 4) is 0 Å². The number of benzene rings is 2. The lowest BCUT2D eigenvalue weighted by atomic mass is 10.1. The third-order valence-electron chi connectivity index (χ3n) is 4.01. The zero-order chi connectivity index (χ0) is 13.4. The molecule has 1 aliphatic rings. The SMILES string of the molecule is c1ccc2cc(NCc3cc4c(s3)CCC4)ccc2c1. The maximum atomic E-state index is 3.55. The van der Waals surface area contributed by atoms with E-state index in [2.05, 4.69) is 53.8 Å². The summed E-state index contributed by atoms with van der Waals surface area (Å²) in [5.41, 5.74) is 2.79. The fourth-order valence-electron chi connectivity index (χ4n) is 2.97. The maximum absolute atomic E-state index is 3.55. The number of hydrogen-bond donors (Lipinski definition) is 1. The molecule has 1 N–H and O–H groups in total. The first-order chi connectivity index (χ1) is 9.88. The Morgan fingerprint density at radius 3 is 2.75 bits per heavy atom. The van der Waals surface area contributed by atoms with Gasteiger partial charge in [-0.3, -0.25) is 0 Å². The predicted octanol–water partition coefficient (Wildman–Crippen LogP) is 5.00. The van der Waals surface area contributed by atoms with Crippen LogP contribution in [0.1, 0.15) is 21.7 Å². The van der Waals surface area contributed by atoms with Crippen LogP contribution in [0.3, 0.4) is 0 Å². The van der Waals surface area contributed by atoms with E-state index in [9.17, 15) is 0 Å². The summed E-state index contributed by atoms with van der Waals surface area (Å²) in [6.07, 6.45) is 3.91. The Morgan fingerprint density at radius 2 is 1.85 bits per heavy atom. The van der Waals surface area contributed by atoms with Gasteiger partial charge in [-0.15, -0.1) is 11.3 Å². The molecule has 3 aromatic rings. The van der Waals surface area contributed by atoms with E-state index < -0.39 is 0 Å². The highest BCUT2D eigenvalue weighted by atomic mass is 32.1. The van der Waals surface area contributed by atoms with Gasteiger partial charge < -0.3 is 5.32 Å². The Kier molecular flexibility index (Phi) is 2.96. The largest absolute Gasteiger partial charge is 0.380 e. The summed E-state index contributed by atoms with van der Waals surface area (Å²) in [5.74, 6) is 0. The van der Waals surface area contributed by atoms with Crippen LogP contribution >= 0.6 is 11.3 Å². The van der Waals surface area contributed by atoms with E-state index in [0.717, 1.165) is 6.54 Å². The number of anilines is 1. The normalized spacial score (nSPS) is 13.6. The highest BCUT2D eigenvalue weighted by Crippen LogP contribution is 2.31. The molecule has 0 saturated heterocycles. The average Bonchev–Trinajstić information content (AvgIpc) is 3.06. The van der Waals surface area contributed by atoms with Crippen LogP contribution in [0.25, 0.3) is 10.8 Å². The molecule has 0 radical (unpaired) electrons. The fraction of sp³-hybridized carbons (Fsp3) is 0.222. The van der Waals surface area contributed by atoms with E-state index in [1.807, 2.05) is 11.3 Å². The molecule has 0 aliphatic heterocycles. The molecule has 0 fully saturated rings. The summed E-state index contributed by atoms with van der Waals surface area (Å²) in [4.78, 5) is 3.07. The second-order valence-corrected chi connectivity index (χ2v) is 6.65. The topological polar surface area (TPSA) is 12.0 Å². The lowest BCUT2D eigenvalue weighted by Gasteiger charge is -2.06. The van der Waals surface area contributed by atoms with Crippen LogP contribution in [0.4, 0.5) is 5.69 Å². The lowest BCUT2D eigenvalue weighted by molar-refractivity contribution is 0.913. The van der Waals surface area contributed by atoms with Gasteiger partial charge in [-0.05, 0) is 53.8 Å². The highest BCUT2D eigenvalue weighted by molar-refractivity contribution is 7.12. The lowest BCUT2D eigenvalue weighted by Crippen LogP contribution is -1.97. The quantitative estimate of drug-likeness (QED) is 0.711. The Balaban J connectivity index is 1.52. The first-order valence-corrected chi connectivity index (χ1v) is 8.03. The van der Waals surface area contributed by atoms with Crippen molar-refractivity contribution in [3.05, 3.63) is 63.8 Å². The second kappa shape index (κ2) is 4.95. The van der Waals surface area contributed by atoms with Gasteiger partial charge in [0, 0.05) is 22.0 Å². The van der Waals surface area contributed by atoms with Gasteiger partial charge in [0.2, 0.25) is 0 Å². The molecular formula is C18H17NS. The minimum absolute atomic E-state index is 0.940. The summed E-state index contributed by atoms with van der Waals surface area (Å²) in [7, 11) is 0. The molecule has 0 saturated carbocycles. The number of aryl methyl sites for hydroxylation is 2. The molecule has 0 unspecified atom stereocenters. The van der Waals surface area contributed by atoms with E-state index in [4.69, 9.17) is 0 Å². The Morgan fingerprint density at radius 1 is 0.950 bits per heavy atom. The van der Waals surface area contributed by atoms with Crippen molar-refractivity contribution in [1.29, 1.82) is 0 Å². The van der Waals surface area contributed by atoms with Crippen LogP contribution in [-0.2, 0) is 19.4 Å². The summed E-state index contributed by atoms with van der Waals surface area (Å²) >= 11 is 1.98. The summed E-state index contributed by atoms with van der Waals surface area (Å²) in [5, 5.41) is 6.15. The number of rotatable bonds is 3. The van der Waals surface area contributed by atoms with Crippen molar-refractivity contribution >= 4 is 27.8 Å². The van der Waals surface area contributed by atoms with Crippen LogP contribution in [0.2, 0.25) is 0 Å². The van der Waals surface area contributed by atoms with E-state index >= 15 is 0 Å². The standard InChI is InChI=1S/C18H17NS/c1-2-5-14-10-16(9-8-13(14)4-1)19-12-17-11-15-6-3-7-18(15)20-17/h1-2,4-5,8-11,19H,3,6-7,12H2. The van der Waals surface area contributed by atoms with Gasteiger partial charge in [0.05, 0.1) is 0 Å². The van der Waals surface area contributed by atoms with Crippen molar-refractivity contribution in [2.45, 2.75) is 25.8 Å². The van der Waals surface area contributed by atoms with Crippen LogP contribution in [-0.4, -0.2) is 0 Å². The Bertz CT molecular complexity index is 735. The zero-order valence-electron chi connectivity index (χ0n) is 11.4. The molecular weight excluding hydrogens is 262 g/mol. The molecule has 1 nitrogen and oxygen atoms in total. The Labute approximate surface area is 123 Å². The molecule has 100 valence electrons. The molecule has 1 aliphatic carbocycles. The van der Waals surface area contributed by atoms with Crippen LogP contribution in [0, 0.1) is 0 Å². The van der Waals surface area contributed by atoms with Crippen LogP contribution in [0.5, 0.6) is 0 Å². The first kappa shape index (κ1) is 12.0. The van der Waals surface area contributed by atoms with Crippen LogP contribution < -0.4 is 5.32 Å².